The Balaban J connectivity index is 2.41. The fraction of sp³-hybridized carbons (Fsp3) is 0.526. The molecular weight excluding hydrogens is 308 g/mol. The number of hydrogen-bond acceptors (Lipinski definition) is 5. The molecule has 2 rings (SSSR count). The molecule has 130 valence electrons. The van der Waals surface area contributed by atoms with Crippen LogP contribution in [0, 0.1) is 5.92 Å². The van der Waals surface area contributed by atoms with Gasteiger partial charge in [0.1, 0.15) is 0 Å². The molecular formula is C19H24O5. The van der Waals surface area contributed by atoms with E-state index in [1.54, 1.807) is 13.8 Å². The Labute approximate surface area is 142 Å². The molecule has 1 aromatic carbocycles. The Bertz CT molecular complexity index is 569. The molecule has 0 amide bonds. The van der Waals surface area contributed by atoms with Gasteiger partial charge in [-0.15, -0.1) is 0 Å². The lowest BCUT2D eigenvalue weighted by Crippen LogP contribution is -2.45. The lowest BCUT2D eigenvalue weighted by molar-refractivity contribution is -0.165. The Hall–Kier alpha value is -2.17. The van der Waals surface area contributed by atoms with Crippen molar-refractivity contribution in [3.63, 3.8) is 0 Å². The average molecular weight is 332 g/mol. The molecule has 0 heterocycles. The second-order valence-electron chi connectivity index (χ2n) is 5.96. The lowest BCUT2D eigenvalue weighted by atomic mass is 9.71. The number of hydrogen-bond donors (Lipinski definition) is 0. The third-order valence-electron chi connectivity index (χ3n) is 4.56. The summed E-state index contributed by atoms with van der Waals surface area (Å²) >= 11 is 0. The van der Waals surface area contributed by atoms with Gasteiger partial charge in [-0.1, -0.05) is 43.2 Å². The highest BCUT2D eigenvalue weighted by Gasteiger charge is 2.51. The number of esters is 2. The van der Waals surface area contributed by atoms with Crippen LogP contribution in [0.15, 0.2) is 30.3 Å². The van der Waals surface area contributed by atoms with Gasteiger partial charge in [-0.3, -0.25) is 14.4 Å². The van der Waals surface area contributed by atoms with Gasteiger partial charge in [0.2, 0.25) is 5.92 Å². The van der Waals surface area contributed by atoms with Gasteiger partial charge in [0.15, 0.2) is 5.78 Å². The summed E-state index contributed by atoms with van der Waals surface area (Å²) in [6.45, 7) is 3.51. The minimum absolute atomic E-state index is 0.111. The first-order valence-electron chi connectivity index (χ1n) is 8.50. The predicted molar refractivity (Wildman–Crippen MR) is 88.4 cm³/mol. The third-order valence-corrected chi connectivity index (χ3v) is 4.56. The zero-order chi connectivity index (χ0) is 17.6. The van der Waals surface area contributed by atoms with Crippen LogP contribution >= 0.6 is 0 Å². The van der Waals surface area contributed by atoms with Crippen LogP contribution in [0.1, 0.15) is 45.1 Å². The summed E-state index contributed by atoms with van der Waals surface area (Å²) in [6, 6.07) is 9.39. The molecule has 24 heavy (non-hydrogen) atoms. The number of rotatable bonds is 7. The maximum Gasteiger partial charge on any atom is 0.328 e. The smallest absolute Gasteiger partial charge is 0.328 e. The van der Waals surface area contributed by atoms with E-state index in [1.807, 2.05) is 30.3 Å². The van der Waals surface area contributed by atoms with E-state index in [1.165, 1.54) is 0 Å². The van der Waals surface area contributed by atoms with Crippen LogP contribution in [0.2, 0.25) is 0 Å². The standard InChI is InChI=1S/C19H24O5/c1-3-23-17(21)15(18(22)24-4-2)16(20)19(12-8-9-13-19)14-10-6-5-7-11-14/h5-7,10-11,15H,3-4,8-9,12-13H2,1-2H3. The molecule has 1 aromatic rings. The number of benzene rings is 1. The first-order valence-corrected chi connectivity index (χ1v) is 8.50. The Morgan fingerprint density at radius 3 is 1.92 bits per heavy atom. The van der Waals surface area contributed by atoms with Crippen molar-refractivity contribution >= 4 is 17.7 Å². The molecule has 1 aliphatic rings. The van der Waals surface area contributed by atoms with E-state index in [9.17, 15) is 14.4 Å². The Kier molecular flexibility index (Phi) is 6.12. The summed E-state index contributed by atoms with van der Waals surface area (Å²) in [6.07, 6.45) is 3.04. The van der Waals surface area contributed by atoms with E-state index in [0.29, 0.717) is 12.8 Å². The fourth-order valence-corrected chi connectivity index (χ4v) is 3.45. The molecule has 0 aromatic heterocycles. The van der Waals surface area contributed by atoms with Crippen molar-refractivity contribution in [2.45, 2.75) is 44.9 Å². The highest BCUT2D eigenvalue weighted by atomic mass is 16.6. The van der Waals surface area contributed by atoms with Crippen LogP contribution in [0.25, 0.3) is 0 Å². The normalized spacial score (nSPS) is 16.0. The van der Waals surface area contributed by atoms with Crippen molar-refractivity contribution < 1.29 is 23.9 Å². The van der Waals surface area contributed by atoms with Gasteiger partial charge in [-0.2, -0.15) is 0 Å². The van der Waals surface area contributed by atoms with Crippen molar-refractivity contribution in [3.05, 3.63) is 35.9 Å². The van der Waals surface area contributed by atoms with Crippen LogP contribution in [0.5, 0.6) is 0 Å². The molecule has 0 aliphatic heterocycles. The second kappa shape index (κ2) is 8.08. The summed E-state index contributed by atoms with van der Waals surface area (Å²) in [5.74, 6) is -3.54. The number of Topliss-reactive ketones (excluding diaryl/α,β-unsaturated/α-hetero) is 1. The van der Waals surface area contributed by atoms with Crippen molar-refractivity contribution in [2.24, 2.45) is 5.92 Å². The van der Waals surface area contributed by atoms with Gasteiger partial charge in [0.25, 0.3) is 0 Å². The molecule has 1 aliphatic carbocycles. The molecule has 5 heteroatoms. The van der Waals surface area contributed by atoms with Crippen LogP contribution in [0.3, 0.4) is 0 Å². The highest BCUT2D eigenvalue weighted by Crippen LogP contribution is 2.43. The van der Waals surface area contributed by atoms with E-state index in [0.717, 1.165) is 18.4 Å². The largest absolute Gasteiger partial charge is 0.465 e. The molecule has 0 radical (unpaired) electrons. The van der Waals surface area contributed by atoms with Gasteiger partial charge in [0, 0.05) is 0 Å². The monoisotopic (exact) mass is 332 g/mol. The van der Waals surface area contributed by atoms with E-state index in [-0.39, 0.29) is 13.2 Å². The first-order chi connectivity index (χ1) is 11.6. The molecule has 1 fully saturated rings. The molecule has 0 unspecified atom stereocenters. The zero-order valence-electron chi connectivity index (χ0n) is 14.2. The van der Waals surface area contributed by atoms with E-state index < -0.39 is 29.1 Å². The average Bonchev–Trinajstić information content (AvgIpc) is 3.07. The minimum atomic E-state index is -1.51. The summed E-state index contributed by atoms with van der Waals surface area (Å²) in [4.78, 5) is 37.9. The lowest BCUT2D eigenvalue weighted by Gasteiger charge is -2.30. The van der Waals surface area contributed by atoms with Crippen LogP contribution in [-0.4, -0.2) is 30.9 Å². The summed E-state index contributed by atoms with van der Waals surface area (Å²) < 4.78 is 9.94. The van der Waals surface area contributed by atoms with Gasteiger partial charge in [-0.25, -0.2) is 0 Å². The topological polar surface area (TPSA) is 69.7 Å². The molecule has 1 saturated carbocycles. The van der Waals surface area contributed by atoms with Crippen molar-refractivity contribution in [3.8, 4) is 0 Å². The van der Waals surface area contributed by atoms with Crippen LogP contribution in [0.4, 0.5) is 0 Å². The van der Waals surface area contributed by atoms with E-state index >= 15 is 0 Å². The molecule has 0 atom stereocenters. The van der Waals surface area contributed by atoms with E-state index in [2.05, 4.69) is 0 Å². The van der Waals surface area contributed by atoms with Crippen molar-refractivity contribution in [2.75, 3.05) is 13.2 Å². The predicted octanol–water partition coefficient (Wildman–Crippen LogP) is 2.81. The maximum absolute atomic E-state index is 13.3. The van der Waals surface area contributed by atoms with Crippen molar-refractivity contribution in [1.29, 1.82) is 0 Å². The quantitative estimate of drug-likeness (QED) is 0.567. The van der Waals surface area contributed by atoms with Crippen LogP contribution in [-0.2, 0) is 29.3 Å². The Morgan fingerprint density at radius 2 is 1.46 bits per heavy atom. The number of ether oxygens (including phenoxy) is 2. The summed E-state index contributed by atoms with van der Waals surface area (Å²) in [7, 11) is 0. The highest BCUT2D eigenvalue weighted by molar-refractivity contribution is 6.18. The van der Waals surface area contributed by atoms with Crippen molar-refractivity contribution in [1.82, 2.24) is 0 Å². The molecule has 5 nitrogen and oxygen atoms in total. The van der Waals surface area contributed by atoms with Gasteiger partial charge < -0.3 is 9.47 Å². The summed E-state index contributed by atoms with van der Waals surface area (Å²) in [5.41, 5.74) is 0.0388. The van der Waals surface area contributed by atoms with Gasteiger partial charge in [0.05, 0.1) is 18.6 Å². The van der Waals surface area contributed by atoms with Gasteiger partial charge >= 0.3 is 11.9 Å². The van der Waals surface area contributed by atoms with Gasteiger partial charge in [-0.05, 0) is 32.3 Å². The van der Waals surface area contributed by atoms with Crippen LogP contribution < -0.4 is 0 Å². The molecule has 0 spiro atoms. The minimum Gasteiger partial charge on any atom is -0.465 e. The maximum atomic E-state index is 13.3. The molecule has 0 N–H and O–H groups in total. The Morgan fingerprint density at radius 1 is 0.958 bits per heavy atom. The fourth-order valence-electron chi connectivity index (χ4n) is 3.45. The first kappa shape index (κ1) is 18.2. The molecule has 0 bridgehead atoms. The zero-order valence-corrected chi connectivity index (χ0v) is 14.2. The number of carbonyl (C=O) groups is 3. The van der Waals surface area contributed by atoms with E-state index in [4.69, 9.17) is 9.47 Å². The summed E-state index contributed by atoms with van der Waals surface area (Å²) in [5, 5.41) is 0. The third kappa shape index (κ3) is 3.50. The second-order valence-corrected chi connectivity index (χ2v) is 5.96. The molecule has 0 saturated heterocycles. The SMILES string of the molecule is CCOC(=O)C(C(=O)OCC)C(=O)C1(c2ccccc2)CCCC1. The number of carbonyl (C=O) groups excluding carboxylic acids is 3. The number of ketones is 1.